The van der Waals surface area contributed by atoms with E-state index < -0.39 is 6.10 Å². The van der Waals surface area contributed by atoms with Crippen LogP contribution in [0, 0.1) is 0 Å². The lowest BCUT2D eigenvalue weighted by Gasteiger charge is -2.14. The highest BCUT2D eigenvalue weighted by atomic mass is 16.3. The number of aromatic nitrogens is 2. The first-order valence-electron chi connectivity index (χ1n) is 5.66. The molecule has 2 heterocycles. The van der Waals surface area contributed by atoms with Crippen molar-refractivity contribution in [2.24, 2.45) is 0 Å². The summed E-state index contributed by atoms with van der Waals surface area (Å²) < 4.78 is 0. The van der Waals surface area contributed by atoms with Crippen LogP contribution in [-0.4, -0.2) is 21.6 Å². The Morgan fingerprint density at radius 3 is 3.06 bits per heavy atom. The first kappa shape index (κ1) is 10.2. The minimum atomic E-state index is -0.718. The van der Waals surface area contributed by atoms with Crippen molar-refractivity contribution in [1.82, 2.24) is 9.97 Å². The zero-order chi connectivity index (χ0) is 11.7. The van der Waals surface area contributed by atoms with Gasteiger partial charge in [0.15, 0.2) is 0 Å². The third-order valence-corrected chi connectivity index (χ3v) is 3.04. The van der Waals surface area contributed by atoms with E-state index in [1.165, 1.54) is 5.56 Å². The van der Waals surface area contributed by atoms with Crippen LogP contribution in [0.3, 0.4) is 0 Å². The Hall–Kier alpha value is -1.94. The number of hydrogen-bond donors (Lipinski definition) is 2. The van der Waals surface area contributed by atoms with Crippen molar-refractivity contribution in [3.63, 3.8) is 0 Å². The Morgan fingerprint density at radius 1 is 1.29 bits per heavy atom. The van der Waals surface area contributed by atoms with E-state index in [2.05, 4.69) is 21.4 Å². The lowest BCUT2D eigenvalue weighted by molar-refractivity contribution is 0.215. The van der Waals surface area contributed by atoms with Crippen LogP contribution in [-0.2, 0) is 6.42 Å². The van der Waals surface area contributed by atoms with Crippen LogP contribution in [0.4, 0.5) is 5.69 Å². The molecular formula is C13H13N3O. The summed E-state index contributed by atoms with van der Waals surface area (Å²) >= 11 is 0. The number of rotatable bonds is 2. The molecule has 86 valence electrons. The van der Waals surface area contributed by atoms with Gasteiger partial charge < -0.3 is 10.4 Å². The van der Waals surface area contributed by atoms with Gasteiger partial charge in [0.05, 0.1) is 11.9 Å². The molecule has 4 heteroatoms. The molecule has 0 saturated heterocycles. The van der Waals surface area contributed by atoms with Gasteiger partial charge in [-0.25, -0.2) is 0 Å². The van der Waals surface area contributed by atoms with Gasteiger partial charge in [0, 0.05) is 30.2 Å². The summed E-state index contributed by atoms with van der Waals surface area (Å²) in [6.45, 7) is 0.930. The quantitative estimate of drug-likeness (QED) is 0.816. The van der Waals surface area contributed by atoms with Crippen molar-refractivity contribution in [1.29, 1.82) is 0 Å². The molecule has 0 saturated carbocycles. The van der Waals surface area contributed by atoms with Gasteiger partial charge >= 0.3 is 0 Å². The number of para-hydroxylation sites is 1. The number of aliphatic hydroxyl groups excluding tert-OH is 1. The molecule has 0 aliphatic carbocycles. The van der Waals surface area contributed by atoms with Crippen molar-refractivity contribution in [2.75, 3.05) is 11.9 Å². The molecule has 0 amide bonds. The van der Waals surface area contributed by atoms with E-state index in [4.69, 9.17) is 0 Å². The van der Waals surface area contributed by atoms with Crippen LogP contribution < -0.4 is 5.32 Å². The summed E-state index contributed by atoms with van der Waals surface area (Å²) in [7, 11) is 0. The SMILES string of the molecule is OC(c1cnccn1)c1cccc2c1NCC2. The Kier molecular flexibility index (Phi) is 2.49. The lowest BCUT2D eigenvalue weighted by atomic mass is 10.0. The van der Waals surface area contributed by atoms with Crippen LogP contribution in [0.1, 0.15) is 22.9 Å². The predicted octanol–water partition coefficient (Wildman–Crippen LogP) is 1.53. The maximum atomic E-state index is 10.3. The highest BCUT2D eigenvalue weighted by Crippen LogP contribution is 2.32. The molecule has 1 aromatic carbocycles. The zero-order valence-corrected chi connectivity index (χ0v) is 9.30. The van der Waals surface area contributed by atoms with Gasteiger partial charge in [-0.2, -0.15) is 0 Å². The van der Waals surface area contributed by atoms with E-state index >= 15 is 0 Å². The summed E-state index contributed by atoms with van der Waals surface area (Å²) in [5, 5.41) is 13.6. The molecule has 0 fully saturated rings. The van der Waals surface area contributed by atoms with Crippen molar-refractivity contribution in [3.05, 3.63) is 53.6 Å². The monoisotopic (exact) mass is 227 g/mol. The van der Waals surface area contributed by atoms with Gasteiger partial charge in [-0.1, -0.05) is 18.2 Å². The van der Waals surface area contributed by atoms with Crippen LogP contribution in [0.15, 0.2) is 36.8 Å². The number of hydrogen-bond acceptors (Lipinski definition) is 4. The lowest BCUT2D eigenvalue weighted by Crippen LogP contribution is -2.05. The maximum absolute atomic E-state index is 10.3. The number of nitrogens with zero attached hydrogens (tertiary/aromatic N) is 2. The number of anilines is 1. The van der Waals surface area contributed by atoms with Gasteiger partial charge in [0.25, 0.3) is 0 Å². The molecule has 3 rings (SSSR count). The summed E-state index contributed by atoms with van der Waals surface area (Å²) in [6.07, 6.45) is 5.08. The normalized spacial score (nSPS) is 15.1. The standard InChI is InChI=1S/C13H13N3O/c17-13(11-8-14-6-7-15-11)10-3-1-2-9-4-5-16-12(9)10/h1-3,6-8,13,16-17H,4-5H2. The van der Waals surface area contributed by atoms with E-state index in [0.29, 0.717) is 5.69 Å². The maximum Gasteiger partial charge on any atom is 0.125 e. The number of benzene rings is 1. The van der Waals surface area contributed by atoms with Crippen LogP contribution in [0.25, 0.3) is 0 Å². The number of fused-ring (bicyclic) bond motifs is 1. The summed E-state index contributed by atoms with van der Waals surface area (Å²) in [4.78, 5) is 8.12. The highest BCUT2D eigenvalue weighted by Gasteiger charge is 2.20. The van der Waals surface area contributed by atoms with Gasteiger partial charge in [-0.05, 0) is 12.0 Å². The molecule has 2 aromatic rings. The van der Waals surface area contributed by atoms with Crippen molar-refractivity contribution < 1.29 is 5.11 Å². The molecule has 0 bridgehead atoms. The second-order valence-corrected chi connectivity index (χ2v) is 4.09. The molecule has 1 unspecified atom stereocenters. The molecule has 0 spiro atoms. The Bertz CT molecular complexity index is 527. The average Bonchev–Trinajstić information content (AvgIpc) is 2.87. The van der Waals surface area contributed by atoms with Gasteiger partial charge in [-0.15, -0.1) is 0 Å². The first-order chi connectivity index (χ1) is 8.36. The summed E-state index contributed by atoms with van der Waals surface area (Å²) in [5.41, 5.74) is 3.76. The van der Waals surface area contributed by atoms with Crippen LogP contribution in [0.2, 0.25) is 0 Å². The first-order valence-corrected chi connectivity index (χ1v) is 5.66. The zero-order valence-electron chi connectivity index (χ0n) is 9.30. The van der Waals surface area contributed by atoms with Crippen molar-refractivity contribution in [3.8, 4) is 0 Å². The fourth-order valence-corrected chi connectivity index (χ4v) is 2.21. The van der Waals surface area contributed by atoms with Crippen LogP contribution >= 0.6 is 0 Å². The average molecular weight is 227 g/mol. The Balaban J connectivity index is 2.03. The molecule has 2 N–H and O–H groups in total. The molecule has 1 aromatic heterocycles. The molecular weight excluding hydrogens is 214 g/mol. The van der Waals surface area contributed by atoms with E-state index in [-0.39, 0.29) is 0 Å². The Morgan fingerprint density at radius 2 is 2.24 bits per heavy atom. The van der Waals surface area contributed by atoms with E-state index in [9.17, 15) is 5.11 Å². The third kappa shape index (κ3) is 1.76. The Labute approximate surface area is 99.4 Å². The largest absolute Gasteiger partial charge is 0.384 e. The van der Waals surface area contributed by atoms with E-state index in [1.54, 1.807) is 18.6 Å². The molecule has 1 atom stereocenters. The second kappa shape index (κ2) is 4.14. The van der Waals surface area contributed by atoms with Crippen LogP contribution in [0.5, 0.6) is 0 Å². The summed E-state index contributed by atoms with van der Waals surface area (Å²) in [5.74, 6) is 0. The third-order valence-electron chi connectivity index (χ3n) is 3.04. The van der Waals surface area contributed by atoms with Crippen molar-refractivity contribution in [2.45, 2.75) is 12.5 Å². The fraction of sp³-hybridized carbons (Fsp3) is 0.231. The van der Waals surface area contributed by atoms with E-state index in [0.717, 1.165) is 24.2 Å². The highest BCUT2D eigenvalue weighted by molar-refractivity contribution is 5.62. The van der Waals surface area contributed by atoms with E-state index in [1.807, 2.05) is 12.1 Å². The molecule has 0 radical (unpaired) electrons. The minimum absolute atomic E-state index is 0.578. The molecule has 1 aliphatic rings. The minimum Gasteiger partial charge on any atom is -0.384 e. The topological polar surface area (TPSA) is 58.0 Å². The molecule has 1 aliphatic heterocycles. The van der Waals surface area contributed by atoms with Gasteiger partial charge in [0.1, 0.15) is 6.10 Å². The van der Waals surface area contributed by atoms with Crippen molar-refractivity contribution >= 4 is 5.69 Å². The molecule has 4 nitrogen and oxygen atoms in total. The van der Waals surface area contributed by atoms with Gasteiger partial charge in [-0.3, -0.25) is 9.97 Å². The second-order valence-electron chi connectivity index (χ2n) is 4.09. The molecule has 17 heavy (non-hydrogen) atoms. The van der Waals surface area contributed by atoms with Gasteiger partial charge in [0.2, 0.25) is 0 Å². The smallest absolute Gasteiger partial charge is 0.125 e. The number of nitrogens with one attached hydrogen (secondary N) is 1. The predicted molar refractivity (Wildman–Crippen MR) is 64.7 cm³/mol. The summed E-state index contributed by atoms with van der Waals surface area (Å²) in [6, 6.07) is 5.99. The fourth-order valence-electron chi connectivity index (χ4n) is 2.21. The number of aliphatic hydroxyl groups is 1.